The van der Waals surface area contributed by atoms with Gasteiger partial charge >= 0.3 is 12.1 Å². The van der Waals surface area contributed by atoms with E-state index < -0.39 is 46.1 Å². The summed E-state index contributed by atoms with van der Waals surface area (Å²) in [5.41, 5.74) is -2.62. The second-order valence-electron chi connectivity index (χ2n) is 10.7. The molecule has 0 fully saturated rings. The Kier molecular flexibility index (Phi) is 7.86. The fourth-order valence-electron chi connectivity index (χ4n) is 3.80. The van der Waals surface area contributed by atoms with Gasteiger partial charge in [0.2, 0.25) is 0 Å². The molecule has 0 heterocycles. The molecule has 5 nitrogen and oxygen atoms in total. The number of hydrogen-bond acceptors (Lipinski definition) is 5. The molecule has 3 aromatic rings. The Balaban J connectivity index is 2.21. The molecular formula is C32H39NO4S. The molecule has 0 spiro atoms. The van der Waals surface area contributed by atoms with Gasteiger partial charge in [0.1, 0.15) is 17.2 Å². The zero-order valence-electron chi connectivity index (χ0n) is 26.8. The van der Waals surface area contributed by atoms with Gasteiger partial charge in [-0.15, -0.1) is 11.8 Å². The third-order valence-electron chi connectivity index (χ3n) is 5.25. The number of amides is 1. The van der Waals surface area contributed by atoms with Gasteiger partial charge in [-0.3, -0.25) is 0 Å². The average molecular weight is 538 g/mol. The summed E-state index contributed by atoms with van der Waals surface area (Å²) in [5.74, 6) is -1.12. The quantitative estimate of drug-likeness (QED) is 0.229. The van der Waals surface area contributed by atoms with Crippen LogP contribution < -0.4 is 5.32 Å². The maximum atomic E-state index is 13.4. The highest BCUT2D eigenvalue weighted by Crippen LogP contribution is 2.48. The predicted octanol–water partition coefficient (Wildman–Crippen LogP) is 7.34. The molecule has 202 valence electrons. The van der Waals surface area contributed by atoms with Gasteiger partial charge < -0.3 is 14.8 Å². The van der Waals surface area contributed by atoms with Crippen molar-refractivity contribution in [1.82, 2.24) is 5.32 Å². The minimum absolute atomic E-state index is 0.709. The highest BCUT2D eigenvalue weighted by molar-refractivity contribution is 8.00. The predicted molar refractivity (Wildman–Crippen MR) is 155 cm³/mol. The monoisotopic (exact) mass is 537 g/mol. The van der Waals surface area contributed by atoms with Gasteiger partial charge in [-0.2, -0.15) is 0 Å². The lowest BCUT2D eigenvalue weighted by atomic mass is 9.84. The molecule has 0 aromatic heterocycles. The van der Waals surface area contributed by atoms with Crippen LogP contribution in [0.2, 0.25) is 0 Å². The van der Waals surface area contributed by atoms with Crippen molar-refractivity contribution in [3.05, 3.63) is 108 Å². The van der Waals surface area contributed by atoms with Crippen molar-refractivity contribution in [2.75, 3.05) is 5.70 Å². The summed E-state index contributed by atoms with van der Waals surface area (Å²) in [6.07, 6.45) is -4.05. The van der Waals surface area contributed by atoms with E-state index in [0.29, 0.717) is 16.7 Å². The van der Waals surface area contributed by atoms with E-state index >= 15 is 0 Å². The summed E-state index contributed by atoms with van der Waals surface area (Å²) in [7, 11) is 0. The van der Waals surface area contributed by atoms with E-state index in [1.165, 1.54) is 0 Å². The second-order valence-corrected chi connectivity index (χ2v) is 11.8. The van der Waals surface area contributed by atoms with E-state index in [9.17, 15) is 12.3 Å². The Bertz CT molecular complexity index is 1250. The minimum Gasteiger partial charge on any atom is -0.458 e. The molecule has 1 amide bonds. The van der Waals surface area contributed by atoms with E-state index in [1.807, 2.05) is 91.0 Å². The molecule has 1 N–H and O–H groups in total. The van der Waals surface area contributed by atoms with Gasteiger partial charge in [-0.05, 0) is 70.3 Å². The van der Waals surface area contributed by atoms with Crippen molar-refractivity contribution in [3.8, 4) is 0 Å². The zero-order chi connectivity index (χ0) is 31.4. The fraction of sp³-hybridized carbons (Fsp3) is 0.375. The first-order chi connectivity index (χ1) is 19.4. The van der Waals surface area contributed by atoms with Crippen LogP contribution in [0, 0.1) is 0 Å². The van der Waals surface area contributed by atoms with Crippen LogP contribution in [-0.4, -0.2) is 35.0 Å². The topological polar surface area (TPSA) is 64.6 Å². The highest BCUT2D eigenvalue weighted by Gasteiger charge is 2.37. The molecular weight excluding hydrogens is 494 g/mol. The smallest absolute Gasteiger partial charge is 0.408 e. The average Bonchev–Trinajstić information content (AvgIpc) is 2.89. The third kappa shape index (κ3) is 8.12. The maximum absolute atomic E-state index is 13.4. The van der Waals surface area contributed by atoms with Gasteiger partial charge in [0.05, 0.1) is 4.75 Å². The van der Waals surface area contributed by atoms with Crippen LogP contribution in [0.4, 0.5) is 4.79 Å². The first-order valence-corrected chi connectivity index (χ1v) is 13.3. The van der Waals surface area contributed by atoms with Crippen molar-refractivity contribution in [3.63, 3.8) is 0 Å². The van der Waals surface area contributed by atoms with Crippen molar-refractivity contribution >= 4 is 23.8 Å². The van der Waals surface area contributed by atoms with E-state index in [2.05, 4.69) is 5.32 Å². The number of hydrogen-bond donors (Lipinski definition) is 1. The van der Waals surface area contributed by atoms with Gasteiger partial charge in [-0.1, -0.05) is 91.0 Å². The van der Waals surface area contributed by atoms with Crippen molar-refractivity contribution < 1.29 is 24.5 Å². The van der Waals surface area contributed by atoms with Gasteiger partial charge in [0.15, 0.2) is 0 Å². The van der Waals surface area contributed by atoms with Crippen molar-refractivity contribution in [2.24, 2.45) is 0 Å². The largest absolute Gasteiger partial charge is 0.458 e. The number of alkyl carbamates (subject to hydrolysis) is 1. The lowest BCUT2D eigenvalue weighted by Gasteiger charge is -2.36. The van der Waals surface area contributed by atoms with Crippen LogP contribution in [0.5, 0.6) is 0 Å². The number of carbonyl (C=O) groups is 2. The number of benzene rings is 3. The van der Waals surface area contributed by atoms with Crippen LogP contribution in [-0.2, 0) is 19.0 Å². The number of thioether (sulfide) groups is 1. The molecule has 6 heteroatoms. The summed E-state index contributed by atoms with van der Waals surface area (Å²) >= 11 is 0.723. The lowest BCUT2D eigenvalue weighted by molar-refractivity contribution is -0.157. The Morgan fingerprint density at radius 1 is 0.737 bits per heavy atom. The number of nitrogens with one attached hydrogen (secondary N) is 1. The van der Waals surface area contributed by atoms with Crippen molar-refractivity contribution in [1.29, 1.82) is 0 Å². The SMILES string of the molecule is [2H]C([2H])(SC(c1ccccc1)(c1ccccc1)c1ccccc1)C([2H])([2H])C(NC(=O)OC(C)(C)C)C(=O)OC(C)(C)C. The standard InChI is InChI=1S/C32H39NO4S/c1-30(2,3)36-28(34)27(33-29(35)37-31(4,5)6)22-23-38-32(24-16-10-7-11-17-24,25-18-12-8-13-19-25)26-20-14-9-15-21-26/h7-21,27H,22-23H2,1-6H3,(H,33,35)/i22D2,23D2. The Labute approximate surface area is 236 Å². The number of esters is 1. The number of carbonyl (C=O) groups excluding carboxylic acids is 2. The summed E-state index contributed by atoms with van der Waals surface area (Å²) in [6, 6.07) is 25.8. The van der Waals surface area contributed by atoms with Crippen LogP contribution in [0.25, 0.3) is 0 Å². The lowest BCUT2D eigenvalue weighted by Crippen LogP contribution is -2.46. The molecule has 3 aromatic carbocycles. The summed E-state index contributed by atoms with van der Waals surface area (Å²) in [4.78, 5) is 26.2. The Hall–Kier alpha value is -3.25. The molecule has 1 atom stereocenters. The summed E-state index contributed by atoms with van der Waals surface area (Å²) in [5, 5.41) is 2.28. The highest BCUT2D eigenvalue weighted by atomic mass is 32.2. The van der Waals surface area contributed by atoms with Crippen LogP contribution in [0.3, 0.4) is 0 Å². The molecule has 0 aliphatic heterocycles. The number of ether oxygens (including phenoxy) is 2. The first kappa shape index (κ1) is 23.8. The van der Waals surface area contributed by atoms with E-state index in [0.717, 1.165) is 11.8 Å². The minimum atomic E-state index is -2.99. The molecule has 0 aliphatic rings. The second kappa shape index (κ2) is 12.5. The Morgan fingerprint density at radius 3 is 1.50 bits per heavy atom. The van der Waals surface area contributed by atoms with E-state index in [1.54, 1.807) is 41.5 Å². The fourth-order valence-corrected chi connectivity index (χ4v) is 4.89. The molecule has 0 aliphatic carbocycles. The molecule has 38 heavy (non-hydrogen) atoms. The van der Waals surface area contributed by atoms with E-state index in [4.69, 9.17) is 12.2 Å². The molecule has 3 rings (SSSR count). The number of rotatable bonds is 9. The van der Waals surface area contributed by atoms with Gasteiger partial charge in [0.25, 0.3) is 0 Å². The van der Waals surface area contributed by atoms with Crippen molar-refractivity contribution in [2.45, 2.75) is 69.9 Å². The van der Waals surface area contributed by atoms with Gasteiger partial charge in [-0.25, -0.2) is 9.59 Å². The molecule has 0 saturated carbocycles. The van der Waals surface area contributed by atoms with E-state index in [-0.39, 0.29) is 0 Å². The van der Waals surface area contributed by atoms with Gasteiger partial charge in [0, 0.05) is 5.48 Å². The Morgan fingerprint density at radius 2 is 1.13 bits per heavy atom. The summed E-state index contributed by atoms with van der Waals surface area (Å²) < 4.78 is 46.3. The zero-order valence-corrected chi connectivity index (χ0v) is 23.6. The van der Waals surface area contributed by atoms with Crippen LogP contribution >= 0.6 is 11.8 Å². The molecule has 0 saturated heterocycles. The molecule has 0 radical (unpaired) electrons. The molecule has 0 bridgehead atoms. The van der Waals surface area contributed by atoms with Crippen LogP contribution in [0.15, 0.2) is 91.0 Å². The normalized spacial score (nSPS) is 15.2. The van der Waals surface area contributed by atoms with Crippen LogP contribution in [0.1, 0.15) is 70.1 Å². The summed E-state index contributed by atoms with van der Waals surface area (Å²) in [6.45, 7) is 9.73. The molecule has 1 unspecified atom stereocenters. The third-order valence-corrected chi connectivity index (χ3v) is 6.49. The maximum Gasteiger partial charge on any atom is 0.408 e. The first-order valence-electron chi connectivity index (χ1n) is 14.5.